The molecule has 1 N–H and O–H groups in total. The first-order valence-corrected chi connectivity index (χ1v) is 12.3. The summed E-state index contributed by atoms with van der Waals surface area (Å²) in [5.41, 5.74) is 12.3. The normalized spacial score (nSPS) is 17.4. The standard InChI is InChI=1S/C33H18N2O/c34-16-17-15-25-30(31-24(35-25)14-13-23-18-7-5-6-12-26(18)36-33(23)31)32-27(17)28-19-8-1-3-10-21(19)29(32)22-11-4-2-9-20(22)28/h1-15,28-29,35H. The summed E-state index contributed by atoms with van der Waals surface area (Å²) >= 11 is 0. The van der Waals surface area contributed by atoms with Gasteiger partial charge in [0.25, 0.3) is 0 Å². The van der Waals surface area contributed by atoms with E-state index in [4.69, 9.17) is 4.42 Å². The maximum Gasteiger partial charge on any atom is 0.145 e. The Bertz CT molecular complexity index is 2090. The van der Waals surface area contributed by atoms with E-state index in [2.05, 4.69) is 89.9 Å². The number of para-hydroxylation sites is 1. The van der Waals surface area contributed by atoms with Gasteiger partial charge in [0.1, 0.15) is 11.2 Å². The third-order valence-electron chi connectivity index (χ3n) is 8.41. The van der Waals surface area contributed by atoms with Crippen molar-refractivity contribution in [3.8, 4) is 6.07 Å². The minimum absolute atomic E-state index is 0.0521. The third-order valence-corrected chi connectivity index (χ3v) is 8.41. The van der Waals surface area contributed by atoms with Crippen molar-refractivity contribution in [3.05, 3.63) is 130 Å². The molecular weight excluding hydrogens is 440 g/mol. The number of furan rings is 1. The zero-order valence-electron chi connectivity index (χ0n) is 19.2. The van der Waals surface area contributed by atoms with Gasteiger partial charge in [-0.2, -0.15) is 5.26 Å². The molecule has 0 aliphatic heterocycles. The summed E-state index contributed by atoms with van der Waals surface area (Å²) in [6.07, 6.45) is 0. The second kappa shape index (κ2) is 6.24. The topological polar surface area (TPSA) is 52.7 Å². The van der Waals surface area contributed by atoms with Gasteiger partial charge in [-0.3, -0.25) is 0 Å². The van der Waals surface area contributed by atoms with Crippen molar-refractivity contribution in [2.75, 3.05) is 0 Å². The molecule has 0 spiro atoms. The number of hydrogen-bond acceptors (Lipinski definition) is 2. The monoisotopic (exact) mass is 458 g/mol. The Morgan fingerprint density at radius 3 is 1.97 bits per heavy atom. The number of rotatable bonds is 0. The lowest BCUT2D eigenvalue weighted by Crippen LogP contribution is -2.28. The number of aromatic nitrogens is 1. The van der Waals surface area contributed by atoms with Crippen molar-refractivity contribution >= 4 is 43.7 Å². The number of nitrogens with zero attached hydrogens (tertiary/aromatic N) is 1. The lowest BCUT2D eigenvalue weighted by Gasteiger charge is -2.43. The van der Waals surface area contributed by atoms with Gasteiger partial charge in [-0.25, -0.2) is 0 Å². The zero-order chi connectivity index (χ0) is 23.5. The van der Waals surface area contributed by atoms with E-state index in [1.807, 2.05) is 12.1 Å². The molecule has 2 bridgehead atoms. The Kier molecular flexibility index (Phi) is 3.21. The van der Waals surface area contributed by atoms with Gasteiger partial charge < -0.3 is 9.40 Å². The number of benzene rings is 5. The van der Waals surface area contributed by atoms with E-state index < -0.39 is 0 Å². The van der Waals surface area contributed by atoms with Crippen LogP contribution in [0, 0.1) is 11.3 Å². The third kappa shape index (κ3) is 2.02. The van der Waals surface area contributed by atoms with E-state index in [-0.39, 0.29) is 11.8 Å². The second-order valence-electron chi connectivity index (χ2n) is 10.00. The van der Waals surface area contributed by atoms with Gasteiger partial charge in [-0.1, -0.05) is 66.7 Å². The summed E-state index contributed by atoms with van der Waals surface area (Å²) in [6, 6.07) is 34.7. The molecule has 0 atom stereocenters. The van der Waals surface area contributed by atoms with E-state index in [9.17, 15) is 5.26 Å². The van der Waals surface area contributed by atoms with Crippen molar-refractivity contribution in [3.63, 3.8) is 0 Å². The van der Waals surface area contributed by atoms with Crippen LogP contribution in [0.1, 0.15) is 50.8 Å². The molecule has 3 aliphatic carbocycles. The molecule has 10 rings (SSSR count). The van der Waals surface area contributed by atoms with Crippen LogP contribution in [0.2, 0.25) is 0 Å². The van der Waals surface area contributed by atoms with Crippen LogP contribution in [0.5, 0.6) is 0 Å². The molecule has 0 fully saturated rings. The van der Waals surface area contributed by atoms with Crippen molar-refractivity contribution in [1.82, 2.24) is 4.98 Å². The van der Waals surface area contributed by atoms with Gasteiger partial charge in [0.15, 0.2) is 0 Å². The number of aromatic amines is 1. The number of nitrogens with one attached hydrogen (secondary N) is 1. The molecule has 5 aromatic carbocycles. The molecule has 3 nitrogen and oxygen atoms in total. The highest BCUT2D eigenvalue weighted by molar-refractivity contribution is 6.24. The fourth-order valence-electron chi connectivity index (χ4n) is 7.11. The quantitative estimate of drug-likeness (QED) is 0.250. The van der Waals surface area contributed by atoms with Crippen molar-refractivity contribution in [2.24, 2.45) is 0 Å². The van der Waals surface area contributed by atoms with Gasteiger partial charge in [-0.15, -0.1) is 0 Å². The zero-order valence-corrected chi connectivity index (χ0v) is 19.2. The van der Waals surface area contributed by atoms with Crippen molar-refractivity contribution in [2.45, 2.75) is 11.8 Å². The Hall–Kier alpha value is -4.81. The molecule has 0 amide bonds. The van der Waals surface area contributed by atoms with Crippen molar-refractivity contribution in [1.29, 1.82) is 5.26 Å². The first kappa shape index (κ1) is 18.5. The SMILES string of the molecule is N#Cc1cc2[nH]c3ccc4c5ccccc5oc4c3c2c2c1C1c3ccccc3C2c2ccccc21. The highest BCUT2D eigenvalue weighted by atomic mass is 16.3. The van der Waals surface area contributed by atoms with Gasteiger partial charge in [-0.05, 0) is 57.6 Å². The summed E-state index contributed by atoms with van der Waals surface area (Å²) in [4.78, 5) is 3.64. The molecule has 0 radical (unpaired) electrons. The van der Waals surface area contributed by atoms with Gasteiger partial charge >= 0.3 is 0 Å². The molecule has 0 saturated carbocycles. The first-order valence-electron chi connectivity index (χ1n) is 12.3. The van der Waals surface area contributed by atoms with Gasteiger partial charge in [0.05, 0.1) is 22.5 Å². The number of nitriles is 1. The maximum atomic E-state index is 10.3. The van der Waals surface area contributed by atoms with E-state index in [0.29, 0.717) is 0 Å². The summed E-state index contributed by atoms with van der Waals surface area (Å²) in [6.45, 7) is 0. The minimum Gasteiger partial charge on any atom is -0.455 e. The summed E-state index contributed by atoms with van der Waals surface area (Å²) in [5.74, 6) is 0.128. The lowest BCUT2D eigenvalue weighted by atomic mass is 9.59. The Morgan fingerprint density at radius 1 is 0.639 bits per heavy atom. The fraction of sp³-hybridized carbons (Fsp3) is 0.0606. The van der Waals surface area contributed by atoms with Crippen LogP contribution in [0.4, 0.5) is 0 Å². The Morgan fingerprint density at radius 2 is 1.28 bits per heavy atom. The van der Waals surface area contributed by atoms with Crippen molar-refractivity contribution < 1.29 is 4.42 Å². The number of fused-ring (bicyclic) bond motifs is 7. The predicted molar refractivity (Wildman–Crippen MR) is 143 cm³/mol. The molecule has 2 heterocycles. The Labute approximate surface area is 206 Å². The van der Waals surface area contributed by atoms with Gasteiger partial charge in [0, 0.05) is 33.5 Å². The van der Waals surface area contributed by atoms with Crippen LogP contribution in [-0.2, 0) is 0 Å². The van der Waals surface area contributed by atoms with Crippen LogP contribution >= 0.6 is 0 Å². The molecule has 3 aliphatic rings. The average molecular weight is 459 g/mol. The molecule has 2 aromatic heterocycles. The molecule has 0 saturated heterocycles. The molecule has 0 unspecified atom stereocenters. The fourth-order valence-corrected chi connectivity index (χ4v) is 7.11. The van der Waals surface area contributed by atoms with E-state index in [0.717, 1.165) is 49.5 Å². The second-order valence-corrected chi connectivity index (χ2v) is 10.00. The number of H-pyrrole nitrogens is 1. The Balaban J connectivity index is 1.53. The largest absolute Gasteiger partial charge is 0.455 e. The predicted octanol–water partition coefficient (Wildman–Crippen LogP) is 8.08. The lowest BCUT2D eigenvalue weighted by molar-refractivity contribution is 0.673. The first-order chi connectivity index (χ1) is 17.8. The molecule has 7 aromatic rings. The summed E-state index contributed by atoms with van der Waals surface area (Å²) in [5, 5.41) is 14.9. The highest BCUT2D eigenvalue weighted by Crippen LogP contribution is 2.59. The van der Waals surface area contributed by atoms with Crippen LogP contribution in [0.25, 0.3) is 43.7 Å². The summed E-state index contributed by atoms with van der Waals surface area (Å²) in [7, 11) is 0. The van der Waals surface area contributed by atoms with Crippen LogP contribution in [0.15, 0.2) is 95.4 Å². The van der Waals surface area contributed by atoms with Crippen LogP contribution in [0.3, 0.4) is 0 Å². The molecule has 166 valence electrons. The van der Waals surface area contributed by atoms with Crippen LogP contribution < -0.4 is 0 Å². The van der Waals surface area contributed by atoms with E-state index in [1.165, 1.54) is 33.2 Å². The minimum atomic E-state index is 0.0521. The number of hydrogen-bond donors (Lipinski definition) is 1. The van der Waals surface area contributed by atoms with E-state index in [1.54, 1.807) is 0 Å². The maximum absolute atomic E-state index is 10.3. The summed E-state index contributed by atoms with van der Waals surface area (Å²) < 4.78 is 6.51. The molecular formula is C33H18N2O. The molecule has 3 heteroatoms. The van der Waals surface area contributed by atoms with Crippen LogP contribution in [-0.4, -0.2) is 4.98 Å². The average Bonchev–Trinajstić information content (AvgIpc) is 3.50. The smallest absolute Gasteiger partial charge is 0.145 e. The van der Waals surface area contributed by atoms with E-state index >= 15 is 0 Å². The molecule has 36 heavy (non-hydrogen) atoms. The van der Waals surface area contributed by atoms with Gasteiger partial charge in [0.2, 0.25) is 0 Å². The highest BCUT2D eigenvalue weighted by Gasteiger charge is 2.44.